The molecule has 0 saturated heterocycles. The summed E-state index contributed by atoms with van der Waals surface area (Å²) in [5.74, 6) is 2.79. The third-order valence-corrected chi connectivity index (χ3v) is 21.0. The zero-order chi connectivity index (χ0) is 77.0. The molecule has 6 nitrogen and oxygen atoms in total. The first-order chi connectivity index (χ1) is 56.1. The summed E-state index contributed by atoms with van der Waals surface area (Å²) < 4.78 is 26.5. The second-order valence-corrected chi connectivity index (χ2v) is 28.9. The van der Waals surface area contributed by atoms with Crippen LogP contribution in [0.4, 0.5) is 0 Å². The monoisotopic (exact) mass is 1490 g/mol. The van der Waals surface area contributed by atoms with Crippen LogP contribution in [0.2, 0.25) is 0 Å². The van der Waals surface area contributed by atoms with Crippen LogP contribution in [0.25, 0.3) is 22.9 Å². The molecule has 0 aromatic heterocycles. The molecule has 5 aliphatic heterocycles. The first-order valence-electron chi connectivity index (χ1n) is 41.0. The Morgan fingerprint density at radius 3 is 1.05 bits per heavy atom. The molecule has 0 spiro atoms. The number of allylic oxidation sites excluding steroid dienone is 4. The summed E-state index contributed by atoms with van der Waals surface area (Å²) in [4.78, 5) is 0. The summed E-state index contributed by atoms with van der Waals surface area (Å²) in [5, 5.41) is 5.96. The Balaban J connectivity index is 0.000000114. The molecule has 1 N–H and O–H groups in total. The second-order valence-electron chi connectivity index (χ2n) is 28.9. The van der Waals surface area contributed by atoms with Crippen molar-refractivity contribution in [1.29, 1.82) is 0 Å². The van der Waals surface area contributed by atoms with E-state index in [-0.39, 0.29) is 0 Å². The van der Waals surface area contributed by atoms with Gasteiger partial charge in [-0.1, -0.05) is 346 Å². The number of benzene rings is 13. The normalized spacial score (nSPS) is 14.5. The molecule has 0 bridgehead atoms. The molecule has 0 fully saturated rings. The minimum atomic E-state index is 0.664. The van der Waals surface area contributed by atoms with Crippen LogP contribution in [0.15, 0.2) is 352 Å². The average Bonchev–Trinajstić information content (AvgIpc) is 1.44. The Kier molecular flexibility index (Phi) is 33.8. The number of fused-ring (bicyclic) bond motifs is 11. The Bertz CT molecular complexity index is 4380. The Hall–Kier alpha value is -11.4. The lowest BCUT2D eigenvalue weighted by atomic mass is 9.92. The van der Waals surface area contributed by atoms with Gasteiger partial charge in [-0.05, 0) is 233 Å². The van der Waals surface area contributed by atoms with E-state index in [1.54, 1.807) is 22.3 Å². The van der Waals surface area contributed by atoms with Gasteiger partial charge in [-0.25, -0.2) is 0 Å². The number of hydrogen-bond acceptors (Lipinski definition) is 6. The lowest BCUT2D eigenvalue weighted by Crippen LogP contribution is -2.23. The molecule has 0 saturated carbocycles. The van der Waals surface area contributed by atoms with E-state index in [1.807, 2.05) is 84.9 Å². The molecule has 23 rings (SSSR count). The molecule has 113 heavy (non-hydrogen) atoms. The molecule has 5 aliphatic carbocycles. The van der Waals surface area contributed by atoms with Gasteiger partial charge in [-0.15, -0.1) is 0 Å². The Morgan fingerprint density at radius 1 is 0.212 bits per heavy atom. The van der Waals surface area contributed by atoms with Crippen molar-refractivity contribution in [3.8, 4) is 17.2 Å². The number of hydrogen-bond donors (Lipinski definition) is 1. The van der Waals surface area contributed by atoms with Gasteiger partial charge in [0.15, 0.2) is 11.5 Å². The molecule has 5 heterocycles. The largest absolute Gasteiger partial charge is 0.493 e. The van der Waals surface area contributed by atoms with E-state index in [0.717, 1.165) is 95.5 Å². The third kappa shape index (κ3) is 27.2. The molecule has 10 aliphatic rings. The molecular weight excluding hydrogens is 1380 g/mol. The summed E-state index contributed by atoms with van der Waals surface area (Å²) in [7, 11) is 0. The van der Waals surface area contributed by atoms with Gasteiger partial charge in [0.2, 0.25) is 0 Å². The first-order valence-corrected chi connectivity index (χ1v) is 41.0. The fourth-order valence-corrected chi connectivity index (χ4v) is 14.8. The van der Waals surface area contributed by atoms with Gasteiger partial charge in [0.1, 0.15) is 19.0 Å². The van der Waals surface area contributed by atoms with Crippen molar-refractivity contribution in [3.05, 3.63) is 446 Å². The van der Waals surface area contributed by atoms with E-state index in [4.69, 9.17) is 23.7 Å². The lowest BCUT2D eigenvalue weighted by molar-refractivity contribution is 0.111. The second kappa shape index (κ2) is 47.1. The first kappa shape index (κ1) is 81.1. The zero-order valence-corrected chi connectivity index (χ0v) is 65.9. The third-order valence-electron chi connectivity index (χ3n) is 21.0. The van der Waals surface area contributed by atoms with E-state index in [2.05, 4.69) is 284 Å². The highest BCUT2D eigenvalue weighted by Crippen LogP contribution is 2.30. The van der Waals surface area contributed by atoms with Crippen LogP contribution in [-0.4, -0.2) is 33.0 Å². The lowest BCUT2D eigenvalue weighted by Gasteiger charge is -2.17. The van der Waals surface area contributed by atoms with Gasteiger partial charge in [-0.2, -0.15) is 0 Å². The predicted molar refractivity (Wildman–Crippen MR) is 472 cm³/mol. The molecule has 574 valence electrons. The molecule has 13 aromatic carbocycles. The highest BCUT2D eigenvalue weighted by molar-refractivity contribution is 5.82. The van der Waals surface area contributed by atoms with Crippen molar-refractivity contribution in [2.24, 2.45) is 0 Å². The fraction of sp³-hybridized carbons (Fsp3) is 0.234. The van der Waals surface area contributed by atoms with Gasteiger partial charge in [0.25, 0.3) is 0 Å². The highest BCUT2D eigenvalue weighted by atomic mass is 16.6. The van der Waals surface area contributed by atoms with Crippen LogP contribution >= 0.6 is 0 Å². The summed E-state index contributed by atoms with van der Waals surface area (Å²) in [6.45, 7) is 7.69. The number of rotatable bonds is 0. The minimum Gasteiger partial charge on any atom is -0.493 e. The maximum Gasteiger partial charge on any atom is 0.161 e. The maximum absolute atomic E-state index is 5.42. The molecule has 0 radical (unpaired) electrons. The van der Waals surface area contributed by atoms with Crippen LogP contribution in [0.5, 0.6) is 17.2 Å². The summed E-state index contributed by atoms with van der Waals surface area (Å²) in [5.41, 5.74) is 24.8. The van der Waals surface area contributed by atoms with Gasteiger partial charge < -0.3 is 29.0 Å². The van der Waals surface area contributed by atoms with E-state index in [0.29, 0.717) is 13.2 Å². The highest BCUT2D eigenvalue weighted by Gasteiger charge is 2.13. The Labute approximate surface area is 673 Å². The van der Waals surface area contributed by atoms with Crippen molar-refractivity contribution in [3.63, 3.8) is 0 Å². The van der Waals surface area contributed by atoms with E-state index in [9.17, 15) is 0 Å². The van der Waals surface area contributed by atoms with Crippen LogP contribution in [-0.2, 0) is 106 Å². The van der Waals surface area contributed by atoms with Crippen molar-refractivity contribution < 1.29 is 23.7 Å². The molecule has 6 heteroatoms. The van der Waals surface area contributed by atoms with Crippen molar-refractivity contribution in [2.75, 3.05) is 33.0 Å². The van der Waals surface area contributed by atoms with Gasteiger partial charge in [0, 0.05) is 6.54 Å². The van der Waals surface area contributed by atoms with E-state index >= 15 is 0 Å². The minimum absolute atomic E-state index is 0.664. The summed E-state index contributed by atoms with van der Waals surface area (Å²) in [6, 6.07) is 113. The van der Waals surface area contributed by atoms with E-state index in [1.165, 1.54) is 154 Å². The van der Waals surface area contributed by atoms with E-state index < -0.39 is 0 Å². The van der Waals surface area contributed by atoms with Crippen LogP contribution < -0.4 is 19.5 Å². The molecule has 0 amide bonds. The molecule has 0 atom stereocenters. The zero-order valence-electron chi connectivity index (χ0n) is 65.9. The number of ether oxygens (including phenoxy) is 5. The fourth-order valence-electron chi connectivity index (χ4n) is 14.8. The molecule has 0 unspecified atom stereocenters. The van der Waals surface area contributed by atoms with Crippen LogP contribution in [0.3, 0.4) is 0 Å². The van der Waals surface area contributed by atoms with Gasteiger partial charge in [0.05, 0.1) is 33.0 Å². The number of nitrogens with one attached hydrogen (secondary N) is 1. The van der Waals surface area contributed by atoms with Gasteiger partial charge in [-0.3, -0.25) is 0 Å². The average molecular weight is 1490 g/mol. The summed E-state index contributed by atoms with van der Waals surface area (Å²) in [6.07, 6.45) is 33.0. The standard InChI is InChI=1S/C10H12.2C10H10.C10H8.C9H11N.2C9H10O.C9H10.C9H8.C8H8O2.C8H8O.C6H6/c4*1-2-6-10-8-4-3-7-9(10)5-1;1-2-4-9-7-10-6-5-8(9)3-1;1-2-6-9-8(4-1)5-3-7-10-9;1-2-4-9-7-10-6-5-8(9)3-1;2*1-2-5-9-7-3-6-8(9)4-1;1-2-4-8-7(3-1)9-5-6-10-8;1-2-4-8-6-9-5-7(8)3-1;1-2-4-6-5-3-1/h1-2,5-6H,3-4,7-8H2;1-3,5-7H,4,8H2;1-6H,7-8H2;1-8H;1-4,10H,5-7H2;1-2,4,6H,3,5,7H2;1-4H,5-7H2;1-2,4-5H,3,6-7H2;1-6H,7H2;1-4H,5-6H2;1-4H,5-6H2;1-6H. The topological polar surface area (TPSA) is 58.2 Å². The van der Waals surface area contributed by atoms with Crippen molar-refractivity contribution >= 4 is 22.9 Å². The smallest absolute Gasteiger partial charge is 0.161 e. The summed E-state index contributed by atoms with van der Waals surface area (Å²) >= 11 is 0. The SMILES string of the molecule is C1=CCc2ccccc2C1.C1=Cc2ccccc2C1.C1=Cc2ccccc2CC1.c1ccc2c(c1)CCC2.c1ccc2c(c1)CCCC2.c1ccc2c(c1)CCCO2.c1ccc2c(c1)CCNC2.c1ccc2c(c1)CCOC2.c1ccc2c(c1)COC2.c1ccc2c(c1)OCCO2.c1ccc2ccccc2c1.c1ccccc1. The van der Waals surface area contributed by atoms with Crippen molar-refractivity contribution in [1.82, 2.24) is 5.32 Å². The quantitative estimate of drug-likeness (QED) is 0.153. The molecular formula is C107H111NO5. The van der Waals surface area contributed by atoms with Crippen LogP contribution in [0, 0.1) is 0 Å². The van der Waals surface area contributed by atoms with Crippen molar-refractivity contribution in [2.45, 2.75) is 129 Å². The van der Waals surface area contributed by atoms with Crippen LogP contribution in [0.1, 0.15) is 127 Å². The molecule has 13 aromatic rings. The Morgan fingerprint density at radius 2 is 0.566 bits per heavy atom. The van der Waals surface area contributed by atoms with Gasteiger partial charge >= 0.3 is 0 Å². The number of para-hydroxylation sites is 3. The maximum atomic E-state index is 5.42. The predicted octanol–water partition coefficient (Wildman–Crippen LogP) is 24.8. The number of aryl methyl sites for hydroxylation is 6.